The van der Waals surface area contributed by atoms with Crippen LogP contribution in [0.5, 0.6) is 0 Å². The van der Waals surface area contributed by atoms with E-state index < -0.39 is 0 Å². The summed E-state index contributed by atoms with van der Waals surface area (Å²) in [6.07, 6.45) is 2.44. The molecule has 1 saturated heterocycles. The fourth-order valence-corrected chi connectivity index (χ4v) is 2.83. The Morgan fingerprint density at radius 2 is 1.95 bits per heavy atom. The van der Waals surface area contributed by atoms with E-state index >= 15 is 0 Å². The van der Waals surface area contributed by atoms with Crippen LogP contribution in [0.25, 0.3) is 0 Å². The Balaban J connectivity index is 1.85. The number of benzene rings is 1. The van der Waals surface area contributed by atoms with Gasteiger partial charge in [-0.2, -0.15) is 0 Å². The van der Waals surface area contributed by atoms with Crippen LogP contribution < -0.4 is 5.32 Å². The number of aryl methyl sites for hydroxylation is 1. The van der Waals surface area contributed by atoms with Gasteiger partial charge in [0.25, 0.3) is 5.91 Å². The first-order chi connectivity index (χ1) is 9.25. The predicted octanol–water partition coefficient (Wildman–Crippen LogP) is 1.25. The summed E-state index contributed by atoms with van der Waals surface area (Å²) in [5.41, 5.74) is 2.57. The fourth-order valence-electron chi connectivity index (χ4n) is 2.83. The van der Waals surface area contributed by atoms with Crippen molar-refractivity contribution in [1.82, 2.24) is 10.2 Å². The zero-order chi connectivity index (χ0) is 13.2. The van der Waals surface area contributed by atoms with E-state index in [0.717, 1.165) is 55.7 Å². The molecule has 1 aliphatic heterocycles. The van der Waals surface area contributed by atoms with Crippen LogP contribution in [0, 0.1) is 0 Å². The van der Waals surface area contributed by atoms with E-state index in [-0.39, 0.29) is 11.7 Å². The van der Waals surface area contributed by atoms with Crippen molar-refractivity contribution in [2.24, 2.45) is 0 Å². The molecule has 0 atom stereocenters. The first-order valence-electron chi connectivity index (χ1n) is 6.92. The van der Waals surface area contributed by atoms with E-state index in [0.29, 0.717) is 6.42 Å². The highest BCUT2D eigenvalue weighted by Gasteiger charge is 2.21. The molecule has 0 saturated carbocycles. The smallest absolute Gasteiger partial charge is 0.253 e. The van der Waals surface area contributed by atoms with Crippen LogP contribution in [0.2, 0.25) is 0 Å². The molecule has 1 aromatic rings. The number of Topliss-reactive ketones (excluding diaryl/α,β-unsaturated/α-hetero) is 1. The van der Waals surface area contributed by atoms with Gasteiger partial charge in [-0.25, -0.2) is 0 Å². The van der Waals surface area contributed by atoms with Gasteiger partial charge in [-0.05, 0) is 30.5 Å². The summed E-state index contributed by atoms with van der Waals surface area (Å²) >= 11 is 0. The van der Waals surface area contributed by atoms with Crippen LogP contribution in [0.3, 0.4) is 0 Å². The van der Waals surface area contributed by atoms with Crippen LogP contribution in [-0.2, 0) is 6.42 Å². The van der Waals surface area contributed by atoms with Crippen molar-refractivity contribution in [3.63, 3.8) is 0 Å². The van der Waals surface area contributed by atoms with Crippen LogP contribution in [0.15, 0.2) is 18.2 Å². The first-order valence-corrected chi connectivity index (χ1v) is 6.92. The second-order valence-corrected chi connectivity index (χ2v) is 5.19. The number of amides is 1. The molecule has 0 aromatic heterocycles. The van der Waals surface area contributed by atoms with E-state index in [1.165, 1.54) is 0 Å². The molecule has 1 amide bonds. The van der Waals surface area contributed by atoms with Gasteiger partial charge in [0.15, 0.2) is 5.78 Å². The van der Waals surface area contributed by atoms with Gasteiger partial charge in [-0.1, -0.05) is 6.07 Å². The lowest BCUT2D eigenvalue weighted by Gasteiger charge is -2.28. The lowest BCUT2D eigenvalue weighted by atomic mass is 9.89. The molecule has 1 N–H and O–H groups in total. The standard InChI is InChI=1S/C15H18N2O2/c18-14-3-1-2-11-10-12(4-5-13(11)14)15(19)17-8-6-16-7-9-17/h4-5,10,16H,1-3,6-9H2. The second-order valence-electron chi connectivity index (χ2n) is 5.19. The molecule has 4 heteroatoms. The number of fused-ring (bicyclic) bond motifs is 1. The Kier molecular flexibility index (Phi) is 3.34. The maximum atomic E-state index is 12.4. The topological polar surface area (TPSA) is 49.4 Å². The normalized spacial score (nSPS) is 19.2. The first kappa shape index (κ1) is 12.4. The van der Waals surface area contributed by atoms with Gasteiger partial charge in [0.2, 0.25) is 0 Å². The summed E-state index contributed by atoms with van der Waals surface area (Å²) in [5.74, 6) is 0.296. The molecule has 0 radical (unpaired) electrons. The predicted molar refractivity (Wildman–Crippen MR) is 72.5 cm³/mol. The molecule has 1 aliphatic carbocycles. The number of carbonyl (C=O) groups excluding carboxylic acids is 2. The largest absolute Gasteiger partial charge is 0.336 e. The van der Waals surface area contributed by atoms with E-state index in [9.17, 15) is 9.59 Å². The van der Waals surface area contributed by atoms with Crippen molar-refractivity contribution in [2.45, 2.75) is 19.3 Å². The minimum atomic E-state index is 0.0855. The average molecular weight is 258 g/mol. The summed E-state index contributed by atoms with van der Waals surface area (Å²) < 4.78 is 0. The Morgan fingerprint density at radius 3 is 2.74 bits per heavy atom. The third-order valence-electron chi connectivity index (χ3n) is 3.91. The fraction of sp³-hybridized carbons (Fsp3) is 0.467. The zero-order valence-corrected chi connectivity index (χ0v) is 10.9. The Hall–Kier alpha value is -1.68. The maximum absolute atomic E-state index is 12.4. The lowest BCUT2D eigenvalue weighted by molar-refractivity contribution is 0.0735. The summed E-state index contributed by atoms with van der Waals surface area (Å²) in [7, 11) is 0. The number of hydrogen-bond donors (Lipinski definition) is 1. The Bertz CT molecular complexity index is 519. The van der Waals surface area contributed by atoms with E-state index in [2.05, 4.69) is 5.32 Å². The molecule has 4 nitrogen and oxygen atoms in total. The van der Waals surface area contributed by atoms with Crippen LogP contribution in [-0.4, -0.2) is 42.8 Å². The van der Waals surface area contributed by atoms with Gasteiger partial charge in [-0.3, -0.25) is 9.59 Å². The molecule has 0 unspecified atom stereocenters. The van der Waals surface area contributed by atoms with E-state index in [1.54, 1.807) is 6.07 Å². The number of ketones is 1. The van der Waals surface area contributed by atoms with Crippen molar-refractivity contribution < 1.29 is 9.59 Å². The van der Waals surface area contributed by atoms with Gasteiger partial charge >= 0.3 is 0 Å². The van der Waals surface area contributed by atoms with E-state index in [1.807, 2.05) is 17.0 Å². The number of piperazine rings is 1. The van der Waals surface area contributed by atoms with Crippen molar-refractivity contribution in [3.8, 4) is 0 Å². The van der Waals surface area contributed by atoms with Crippen molar-refractivity contribution in [1.29, 1.82) is 0 Å². The van der Waals surface area contributed by atoms with Gasteiger partial charge in [-0.15, -0.1) is 0 Å². The molecular formula is C15H18N2O2. The third-order valence-corrected chi connectivity index (χ3v) is 3.91. The molecule has 1 heterocycles. The van der Waals surface area contributed by atoms with Crippen LogP contribution >= 0.6 is 0 Å². The minimum absolute atomic E-state index is 0.0855. The van der Waals surface area contributed by atoms with Crippen molar-refractivity contribution in [3.05, 3.63) is 34.9 Å². The highest BCUT2D eigenvalue weighted by molar-refractivity contribution is 6.01. The van der Waals surface area contributed by atoms with Gasteiger partial charge < -0.3 is 10.2 Å². The number of rotatable bonds is 1. The quantitative estimate of drug-likeness (QED) is 0.825. The molecule has 1 aromatic carbocycles. The maximum Gasteiger partial charge on any atom is 0.253 e. The number of carbonyl (C=O) groups is 2. The van der Waals surface area contributed by atoms with Gasteiger partial charge in [0.05, 0.1) is 0 Å². The van der Waals surface area contributed by atoms with Gasteiger partial charge in [0.1, 0.15) is 0 Å². The number of nitrogens with one attached hydrogen (secondary N) is 1. The molecular weight excluding hydrogens is 240 g/mol. The summed E-state index contributed by atoms with van der Waals surface area (Å²) in [5, 5.41) is 3.24. The summed E-state index contributed by atoms with van der Waals surface area (Å²) in [6.45, 7) is 3.23. The monoisotopic (exact) mass is 258 g/mol. The minimum Gasteiger partial charge on any atom is -0.336 e. The number of hydrogen-bond acceptors (Lipinski definition) is 3. The van der Waals surface area contributed by atoms with Crippen LogP contribution in [0.4, 0.5) is 0 Å². The van der Waals surface area contributed by atoms with Gasteiger partial charge in [0, 0.05) is 43.7 Å². The molecule has 1 fully saturated rings. The molecule has 100 valence electrons. The summed E-state index contributed by atoms with van der Waals surface area (Å²) in [6, 6.07) is 5.54. The Labute approximate surface area is 112 Å². The third kappa shape index (κ3) is 2.40. The molecule has 3 rings (SSSR count). The summed E-state index contributed by atoms with van der Waals surface area (Å²) in [4.78, 5) is 26.0. The highest BCUT2D eigenvalue weighted by atomic mass is 16.2. The second kappa shape index (κ2) is 5.13. The lowest BCUT2D eigenvalue weighted by Crippen LogP contribution is -2.46. The zero-order valence-electron chi connectivity index (χ0n) is 10.9. The van der Waals surface area contributed by atoms with E-state index in [4.69, 9.17) is 0 Å². The average Bonchev–Trinajstić information content (AvgIpc) is 2.47. The number of nitrogens with zero attached hydrogens (tertiary/aromatic N) is 1. The SMILES string of the molecule is O=C1CCCc2cc(C(=O)N3CCNCC3)ccc21. The molecule has 0 bridgehead atoms. The molecule has 2 aliphatic rings. The Morgan fingerprint density at radius 1 is 1.16 bits per heavy atom. The molecule has 19 heavy (non-hydrogen) atoms. The molecule has 0 spiro atoms. The highest BCUT2D eigenvalue weighted by Crippen LogP contribution is 2.23. The van der Waals surface area contributed by atoms with Crippen molar-refractivity contribution >= 4 is 11.7 Å². The van der Waals surface area contributed by atoms with Crippen molar-refractivity contribution in [2.75, 3.05) is 26.2 Å². The van der Waals surface area contributed by atoms with Crippen LogP contribution in [0.1, 0.15) is 39.1 Å².